The lowest BCUT2D eigenvalue weighted by atomic mass is 10.1. The van der Waals surface area contributed by atoms with Crippen LogP contribution in [0.3, 0.4) is 0 Å². The van der Waals surface area contributed by atoms with Crippen molar-refractivity contribution in [3.8, 4) is 0 Å². The molecule has 8 nitrogen and oxygen atoms in total. The first kappa shape index (κ1) is 20.6. The molecule has 3 N–H and O–H groups in total. The van der Waals surface area contributed by atoms with E-state index in [9.17, 15) is 19.2 Å². The molecule has 0 aliphatic heterocycles. The second kappa shape index (κ2) is 9.31. The molecule has 0 aliphatic carbocycles. The molecule has 28 heavy (non-hydrogen) atoms. The van der Waals surface area contributed by atoms with Crippen LogP contribution in [0, 0.1) is 5.92 Å². The lowest BCUT2D eigenvalue weighted by molar-refractivity contribution is -0.118. The largest absolute Gasteiger partial charge is 0.465 e. The molecular formula is C20H21N3O5. The summed E-state index contributed by atoms with van der Waals surface area (Å²) in [7, 11) is 1.24. The molecule has 0 bridgehead atoms. The van der Waals surface area contributed by atoms with Crippen LogP contribution >= 0.6 is 0 Å². The van der Waals surface area contributed by atoms with Gasteiger partial charge in [0.25, 0.3) is 11.8 Å². The van der Waals surface area contributed by atoms with Gasteiger partial charge in [-0.25, -0.2) is 4.79 Å². The van der Waals surface area contributed by atoms with Crippen LogP contribution in [0.4, 0.5) is 5.69 Å². The van der Waals surface area contributed by atoms with E-state index < -0.39 is 17.8 Å². The normalized spacial score (nSPS) is 10.1. The van der Waals surface area contributed by atoms with Crippen molar-refractivity contribution >= 4 is 29.4 Å². The summed E-state index contributed by atoms with van der Waals surface area (Å²) in [5.74, 6) is -1.96. The number of esters is 1. The summed E-state index contributed by atoms with van der Waals surface area (Å²) in [5.41, 5.74) is 5.86. The first-order chi connectivity index (χ1) is 13.3. The van der Waals surface area contributed by atoms with Crippen molar-refractivity contribution < 1.29 is 23.9 Å². The van der Waals surface area contributed by atoms with E-state index in [1.54, 1.807) is 26.0 Å². The van der Waals surface area contributed by atoms with E-state index >= 15 is 0 Å². The highest BCUT2D eigenvalue weighted by Gasteiger charge is 2.13. The van der Waals surface area contributed by atoms with E-state index in [1.165, 1.54) is 43.5 Å². The molecule has 0 saturated heterocycles. The van der Waals surface area contributed by atoms with Crippen LogP contribution in [0.1, 0.15) is 44.9 Å². The fourth-order valence-electron chi connectivity index (χ4n) is 2.15. The number of ether oxygens (including phenoxy) is 1. The number of amides is 3. The number of hydrogen-bond acceptors (Lipinski definition) is 5. The van der Waals surface area contributed by atoms with Gasteiger partial charge < -0.3 is 10.1 Å². The van der Waals surface area contributed by atoms with Gasteiger partial charge >= 0.3 is 5.97 Å². The van der Waals surface area contributed by atoms with Crippen LogP contribution in [0.15, 0.2) is 48.5 Å². The van der Waals surface area contributed by atoms with Gasteiger partial charge in [-0.15, -0.1) is 0 Å². The van der Waals surface area contributed by atoms with Crippen LogP contribution in [-0.4, -0.2) is 30.8 Å². The zero-order valence-electron chi connectivity index (χ0n) is 15.7. The van der Waals surface area contributed by atoms with E-state index in [1.807, 2.05) is 0 Å². The number of carbonyl (C=O) groups is 4. The van der Waals surface area contributed by atoms with E-state index in [-0.39, 0.29) is 23.0 Å². The number of methoxy groups -OCH3 is 1. The Balaban J connectivity index is 1.95. The maximum absolute atomic E-state index is 12.2. The molecule has 0 atom stereocenters. The number of anilines is 1. The molecule has 0 fully saturated rings. The number of carbonyl (C=O) groups excluding carboxylic acids is 4. The average Bonchev–Trinajstić information content (AvgIpc) is 2.71. The van der Waals surface area contributed by atoms with Gasteiger partial charge in [-0.1, -0.05) is 19.9 Å². The molecule has 146 valence electrons. The summed E-state index contributed by atoms with van der Waals surface area (Å²) in [4.78, 5) is 47.5. The Hall–Kier alpha value is -3.68. The quantitative estimate of drug-likeness (QED) is 0.541. The molecule has 2 aromatic carbocycles. The molecule has 0 spiro atoms. The molecule has 0 aromatic heterocycles. The average molecular weight is 383 g/mol. The second-order valence-electron chi connectivity index (χ2n) is 6.20. The zero-order chi connectivity index (χ0) is 20.7. The molecular weight excluding hydrogens is 362 g/mol. The fraction of sp³-hybridized carbons (Fsp3) is 0.200. The number of hydrazine groups is 1. The van der Waals surface area contributed by atoms with Crippen LogP contribution in [0.2, 0.25) is 0 Å². The highest BCUT2D eigenvalue weighted by molar-refractivity contribution is 6.01. The highest BCUT2D eigenvalue weighted by Crippen LogP contribution is 2.11. The summed E-state index contributed by atoms with van der Waals surface area (Å²) in [5, 5.41) is 2.72. The predicted octanol–water partition coefficient (Wildman–Crippen LogP) is 2.14. The molecule has 0 heterocycles. The van der Waals surface area contributed by atoms with Gasteiger partial charge in [0.05, 0.1) is 12.7 Å². The smallest absolute Gasteiger partial charge is 0.337 e. The number of benzene rings is 2. The van der Waals surface area contributed by atoms with Gasteiger partial charge in [-0.05, 0) is 42.5 Å². The minimum Gasteiger partial charge on any atom is -0.465 e. The van der Waals surface area contributed by atoms with E-state index in [2.05, 4.69) is 20.9 Å². The van der Waals surface area contributed by atoms with Crippen molar-refractivity contribution in [3.05, 3.63) is 65.2 Å². The topological polar surface area (TPSA) is 114 Å². The van der Waals surface area contributed by atoms with Gasteiger partial charge in [0.15, 0.2) is 0 Å². The van der Waals surface area contributed by atoms with Crippen molar-refractivity contribution in [2.75, 3.05) is 12.4 Å². The van der Waals surface area contributed by atoms with Crippen molar-refractivity contribution in [1.29, 1.82) is 0 Å². The number of nitrogens with one attached hydrogen (secondary N) is 3. The molecule has 2 aromatic rings. The Labute approximate surface area is 162 Å². The van der Waals surface area contributed by atoms with Crippen LogP contribution in [0.25, 0.3) is 0 Å². The molecule has 8 heteroatoms. The van der Waals surface area contributed by atoms with E-state index in [4.69, 9.17) is 0 Å². The van der Waals surface area contributed by atoms with Crippen LogP contribution in [0.5, 0.6) is 0 Å². The first-order valence-electron chi connectivity index (χ1n) is 8.51. The third-order valence-corrected chi connectivity index (χ3v) is 3.77. The zero-order valence-corrected chi connectivity index (χ0v) is 15.7. The maximum atomic E-state index is 12.2. The van der Waals surface area contributed by atoms with Gasteiger partial charge in [0.1, 0.15) is 0 Å². The van der Waals surface area contributed by atoms with Gasteiger partial charge in [0, 0.05) is 22.7 Å². The summed E-state index contributed by atoms with van der Waals surface area (Å²) in [6.07, 6.45) is 0. The maximum Gasteiger partial charge on any atom is 0.337 e. The monoisotopic (exact) mass is 383 g/mol. The molecule has 0 radical (unpaired) electrons. The summed E-state index contributed by atoms with van der Waals surface area (Å²) in [6.45, 7) is 3.56. The minimum atomic E-state index is -0.583. The Morgan fingerprint density at radius 2 is 1.39 bits per heavy atom. The Morgan fingerprint density at radius 1 is 0.821 bits per heavy atom. The van der Waals surface area contributed by atoms with Gasteiger partial charge in [0.2, 0.25) is 5.91 Å². The summed E-state index contributed by atoms with van der Waals surface area (Å²) < 4.78 is 4.61. The predicted molar refractivity (Wildman–Crippen MR) is 103 cm³/mol. The molecule has 3 amide bonds. The van der Waals surface area contributed by atoms with Crippen molar-refractivity contribution in [2.24, 2.45) is 5.92 Å². The van der Waals surface area contributed by atoms with Crippen molar-refractivity contribution in [2.45, 2.75) is 13.8 Å². The summed E-state index contributed by atoms with van der Waals surface area (Å²) >= 11 is 0. The van der Waals surface area contributed by atoms with Crippen LogP contribution < -0.4 is 16.2 Å². The van der Waals surface area contributed by atoms with E-state index in [0.29, 0.717) is 11.3 Å². The van der Waals surface area contributed by atoms with Gasteiger partial charge in [-0.2, -0.15) is 0 Å². The van der Waals surface area contributed by atoms with Crippen molar-refractivity contribution in [1.82, 2.24) is 10.9 Å². The molecule has 2 rings (SSSR count). The Morgan fingerprint density at radius 3 is 1.96 bits per heavy atom. The third kappa shape index (κ3) is 5.41. The number of hydrogen-bond donors (Lipinski definition) is 3. The first-order valence-corrected chi connectivity index (χ1v) is 8.51. The molecule has 0 unspecified atom stereocenters. The lowest BCUT2D eigenvalue weighted by Gasteiger charge is -2.10. The van der Waals surface area contributed by atoms with Crippen molar-refractivity contribution in [3.63, 3.8) is 0 Å². The van der Waals surface area contributed by atoms with Gasteiger partial charge in [-0.3, -0.25) is 25.2 Å². The van der Waals surface area contributed by atoms with Crippen LogP contribution in [-0.2, 0) is 9.53 Å². The molecule has 0 saturated carbocycles. The van der Waals surface area contributed by atoms with E-state index in [0.717, 1.165) is 0 Å². The standard InChI is InChI=1S/C20H21N3O5/c1-12(2)17(24)21-16-9-7-13(8-10-16)18(25)22-23-19(26)14-5-4-6-15(11-14)20(27)28-3/h4-12H,1-3H3,(H,21,24)(H,22,25)(H,23,26). The lowest BCUT2D eigenvalue weighted by Crippen LogP contribution is -2.41. The Bertz CT molecular complexity index is 891. The fourth-order valence-corrected chi connectivity index (χ4v) is 2.15. The SMILES string of the molecule is COC(=O)c1cccc(C(=O)NNC(=O)c2ccc(NC(=O)C(C)C)cc2)c1. The highest BCUT2D eigenvalue weighted by atomic mass is 16.5. The molecule has 0 aliphatic rings. The second-order valence-corrected chi connectivity index (χ2v) is 6.20. The third-order valence-electron chi connectivity index (χ3n) is 3.77. The number of rotatable bonds is 5. The summed E-state index contributed by atoms with van der Waals surface area (Å²) in [6, 6.07) is 12.1. The Kier molecular flexibility index (Phi) is 6.86. The minimum absolute atomic E-state index is 0.126.